The van der Waals surface area contributed by atoms with Gasteiger partial charge in [0.1, 0.15) is 0 Å². The van der Waals surface area contributed by atoms with Gasteiger partial charge in [-0.05, 0) is 25.9 Å². The highest BCUT2D eigenvalue weighted by atomic mass is 35.5. The first kappa shape index (κ1) is 11.6. The van der Waals surface area contributed by atoms with E-state index in [4.69, 9.17) is 16.3 Å². The summed E-state index contributed by atoms with van der Waals surface area (Å²) < 4.78 is 5.54. The SMILES string of the molecule is ClCC1CN(CCN2CCCC2)CCO1. The van der Waals surface area contributed by atoms with Crippen LogP contribution in [0.15, 0.2) is 0 Å². The largest absolute Gasteiger partial charge is 0.374 e. The van der Waals surface area contributed by atoms with Crippen molar-refractivity contribution >= 4 is 11.6 Å². The van der Waals surface area contributed by atoms with Crippen molar-refractivity contribution in [3.05, 3.63) is 0 Å². The molecule has 2 rings (SSSR count). The van der Waals surface area contributed by atoms with Gasteiger partial charge in [0.2, 0.25) is 0 Å². The number of ether oxygens (including phenoxy) is 1. The molecule has 4 heteroatoms. The minimum Gasteiger partial charge on any atom is -0.374 e. The number of hydrogen-bond acceptors (Lipinski definition) is 3. The summed E-state index contributed by atoms with van der Waals surface area (Å²) >= 11 is 5.81. The maximum atomic E-state index is 5.81. The van der Waals surface area contributed by atoms with Gasteiger partial charge < -0.3 is 9.64 Å². The molecule has 0 aromatic carbocycles. The van der Waals surface area contributed by atoms with Gasteiger partial charge in [0.25, 0.3) is 0 Å². The molecule has 0 aliphatic carbocycles. The smallest absolute Gasteiger partial charge is 0.0837 e. The van der Waals surface area contributed by atoms with Crippen molar-refractivity contribution in [2.75, 3.05) is 51.8 Å². The molecule has 2 aliphatic rings. The first-order valence-electron chi connectivity index (χ1n) is 6.01. The number of halogens is 1. The fourth-order valence-corrected chi connectivity index (χ4v) is 2.55. The van der Waals surface area contributed by atoms with Gasteiger partial charge in [0, 0.05) is 32.1 Å². The zero-order valence-corrected chi connectivity index (χ0v) is 10.1. The quantitative estimate of drug-likeness (QED) is 0.674. The van der Waals surface area contributed by atoms with Crippen LogP contribution in [0.5, 0.6) is 0 Å². The summed E-state index contributed by atoms with van der Waals surface area (Å²) in [6.07, 6.45) is 3.01. The van der Waals surface area contributed by atoms with Crippen LogP contribution < -0.4 is 0 Å². The van der Waals surface area contributed by atoms with Gasteiger partial charge in [-0.2, -0.15) is 0 Å². The molecule has 0 saturated carbocycles. The molecule has 3 nitrogen and oxygen atoms in total. The number of hydrogen-bond donors (Lipinski definition) is 0. The number of likely N-dealkylation sites (tertiary alicyclic amines) is 1. The fraction of sp³-hybridized carbons (Fsp3) is 1.00. The van der Waals surface area contributed by atoms with Crippen LogP contribution in [-0.4, -0.2) is 67.7 Å². The van der Waals surface area contributed by atoms with Gasteiger partial charge in [0.15, 0.2) is 0 Å². The standard InChI is InChI=1S/C11H21ClN2O/c12-9-11-10-14(7-8-15-11)6-5-13-3-1-2-4-13/h11H,1-10H2. The highest BCUT2D eigenvalue weighted by Gasteiger charge is 2.20. The summed E-state index contributed by atoms with van der Waals surface area (Å²) in [5, 5.41) is 0. The molecule has 88 valence electrons. The lowest BCUT2D eigenvalue weighted by atomic mass is 10.3. The molecular formula is C11H21ClN2O. The Kier molecular flexibility index (Phi) is 4.69. The molecule has 2 fully saturated rings. The highest BCUT2D eigenvalue weighted by molar-refractivity contribution is 6.18. The van der Waals surface area contributed by atoms with Crippen molar-refractivity contribution in [1.29, 1.82) is 0 Å². The van der Waals surface area contributed by atoms with E-state index in [1.54, 1.807) is 0 Å². The maximum Gasteiger partial charge on any atom is 0.0837 e. The van der Waals surface area contributed by atoms with Crippen LogP contribution in [0.3, 0.4) is 0 Å². The van der Waals surface area contributed by atoms with Gasteiger partial charge in [-0.15, -0.1) is 11.6 Å². The Morgan fingerprint density at radius 1 is 1.07 bits per heavy atom. The second kappa shape index (κ2) is 6.04. The van der Waals surface area contributed by atoms with Crippen molar-refractivity contribution in [3.63, 3.8) is 0 Å². The average molecular weight is 233 g/mol. The molecule has 2 heterocycles. The van der Waals surface area contributed by atoms with Crippen LogP contribution in [-0.2, 0) is 4.74 Å². The number of morpholine rings is 1. The van der Waals surface area contributed by atoms with Crippen molar-refractivity contribution < 1.29 is 4.74 Å². The van der Waals surface area contributed by atoms with E-state index in [1.165, 1.54) is 39.0 Å². The van der Waals surface area contributed by atoms with Gasteiger partial charge >= 0.3 is 0 Å². The molecule has 0 bridgehead atoms. The first-order chi connectivity index (χ1) is 7.38. The predicted octanol–water partition coefficient (Wildman–Crippen LogP) is 1.02. The van der Waals surface area contributed by atoms with Crippen LogP contribution in [0.4, 0.5) is 0 Å². The zero-order valence-electron chi connectivity index (χ0n) is 9.33. The summed E-state index contributed by atoms with van der Waals surface area (Å²) in [5.74, 6) is 0.625. The molecule has 0 amide bonds. The Balaban J connectivity index is 1.65. The summed E-state index contributed by atoms with van der Waals surface area (Å²) in [7, 11) is 0. The fourth-order valence-electron chi connectivity index (χ4n) is 2.37. The lowest BCUT2D eigenvalue weighted by Gasteiger charge is -2.32. The van der Waals surface area contributed by atoms with Crippen molar-refractivity contribution in [2.24, 2.45) is 0 Å². The van der Waals surface area contributed by atoms with E-state index in [0.717, 1.165) is 19.7 Å². The Morgan fingerprint density at radius 2 is 1.80 bits per heavy atom. The normalized spacial score (nSPS) is 29.8. The molecule has 0 aromatic heterocycles. The topological polar surface area (TPSA) is 15.7 Å². The molecule has 0 radical (unpaired) electrons. The van der Waals surface area contributed by atoms with Crippen LogP contribution in [0.25, 0.3) is 0 Å². The van der Waals surface area contributed by atoms with Crippen molar-refractivity contribution in [2.45, 2.75) is 18.9 Å². The molecular weight excluding hydrogens is 212 g/mol. The Labute approximate surface area is 97.3 Å². The molecule has 0 aromatic rings. The third-order valence-electron chi connectivity index (χ3n) is 3.33. The van der Waals surface area contributed by atoms with E-state index in [0.29, 0.717) is 5.88 Å². The lowest BCUT2D eigenvalue weighted by molar-refractivity contribution is -0.0182. The minimum atomic E-state index is 0.249. The monoisotopic (exact) mass is 232 g/mol. The second-order valence-corrected chi connectivity index (χ2v) is 4.81. The summed E-state index contributed by atoms with van der Waals surface area (Å²) in [5.41, 5.74) is 0. The van der Waals surface area contributed by atoms with Crippen LogP contribution in [0, 0.1) is 0 Å². The predicted molar refractivity (Wildman–Crippen MR) is 62.6 cm³/mol. The van der Waals surface area contributed by atoms with E-state index in [2.05, 4.69) is 9.80 Å². The molecule has 2 saturated heterocycles. The molecule has 2 aliphatic heterocycles. The molecule has 0 N–H and O–H groups in total. The van der Waals surface area contributed by atoms with Crippen molar-refractivity contribution in [3.8, 4) is 0 Å². The minimum absolute atomic E-state index is 0.249. The second-order valence-electron chi connectivity index (χ2n) is 4.50. The summed E-state index contributed by atoms with van der Waals surface area (Å²) in [6.45, 7) is 7.91. The molecule has 1 unspecified atom stereocenters. The van der Waals surface area contributed by atoms with E-state index in [9.17, 15) is 0 Å². The third-order valence-corrected chi connectivity index (χ3v) is 3.67. The molecule has 1 atom stereocenters. The first-order valence-corrected chi connectivity index (χ1v) is 6.54. The Hall–Kier alpha value is 0.170. The van der Waals surface area contributed by atoms with Gasteiger partial charge in [-0.25, -0.2) is 0 Å². The average Bonchev–Trinajstić information content (AvgIpc) is 2.79. The highest BCUT2D eigenvalue weighted by Crippen LogP contribution is 2.09. The maximum absolute atomic E-state index is 5.81. The third kappa shape index (κ3) is 3.59. The summed E-state index contributed by atoms with van der Waals surface area (Å²) in [6, 6.07) is 0. The Bertz CT molecular complexity index is 185. The van der Waals surface area contributed by atoms with E-state index < -0.39 is 0 Å². The zero-order chi connectivity index (χ0) is 10.5. The van der Waals surface area contributed by atoms with Gasteiger partial charge in [0.05, 0.1) is 12.7 Å². The molecule has 15 heavy (non-hydrogen) atoms. The summed E-state index contributed by atoms with van der Waals surface area (Å²) in [4.78, 5) is 5.04. The van der Waals surface area contributed by atoms with E-state index >= 15 is 0 Å². The van der Waals surface area contributed by atoms with Crippen molar-refractivity contribution in [1.82, 2.24) is 9.80 Å². The van der Waals surface area contributed by atoms with E-state index in [1.807, 2.05) is 0 Å². The number of alkyl halides is 1. The van der Waals surface area contributed by atoms with Crippen LogP contribution in [0.2, 0.25) is 0 Å². The number of nitrogens with zero attached hydrogens (tertiary/aromatic N) is 2. The van der Waals surface area contributed by atoms with E-state index in [-0.39, 0.29) is 6.10 Å². The number of rotatable bonds is 4. The van der Waals surface area contributed by atoms with Crippen LogP contribution >= 0.6 is 11.6 Å². The molecule has 0 spiro atoms. The van der Waals surface area contributed by atoms with Gasteiger partial charge in [-0.1, -0.05) is 0 Å². The van der Waals surface area contributed by atoms with Crippen LogP contribution in [0.1, 0.15) is 12.8 Å². The lowest BCUT2D eigenvalue weighted by Crippen LogP contribution is -2.45. The van der Waals surface area contributed by atoms with Gasteiger partial charge in [-0.3, -0.25) is 4.90 Å². The Morgan fingerprint density at radius 3 is 2.53 bits per heavy atom.